The molecule has 0 saturated heterocycles. The maximum Gasteiger partial charge on any atom is 0.0345 e. The zero-order chi connectivity index (χ0) is 27.4. The Labute approximate surface area is 222 Å². The summed E-state index contributed by atoms with van der Waals surface area (Å²) in [5.41, 5.74) is 7.27. The van der Waals surface area contributed by atoms with Crippen LogP contribution in [0.3, 0.4) is 0 Å². The van der Waals surface area contributed by atoms with Crippen LogP contribution in [0.5, 0.6) is 0 Å². The average Bonchev–Trinajstić information content (AvgIpc) is 2.82. The molecule has 0 aromatic rings. The van der Waals surface area contributed by atoms with E-state index in [-0.39, 0.29) is 0 Å². The molecule has 0 radical (unpaired) electrons. The van der Waals surface area contributed by atoms with Crippen LogP contribution in [0.2, 0.25) is 0 Å². The third kappa shape index (κ3) is 14.1. The lowest BCUT2D eigenvalue weighted by molar-refractivity contribution is 0.147. The highest BCUT2D eigenvalue weighted by Gasteiger charge is 2.31. The summed E-state index contributed by atoms with van der Waals surface area (Å²) < 4.78 is 0. The molecule has 0 aromatic carbocycles. The van der Waals surface area contributed by atoms with Crippen molar-refractivity contribution < 1.29 is 0 Å². The summed E-state index contributed by atoms with van der Waals surface area (Å²) in [7, 11) is 0. The predicted molar refractivity (Wildman–Crippen MR) is 163 cm³/mol. The van der Waals surface area contributed by atoms with E-state index in [0.29, 0.717) is 17.4 Å². The van der Waals surface area contributed by atoms with Crippen molar-refractivity contribution in [2.75, 3.05) is 13.1 Å². The van der Waals surface area contributed by atoms with Crippen LogP contribution in [0.1, 0.15) is 134 Å². The van der Waals surface area contributed by atoms with E-state index in [1.165, 1.54) is 54.4 Å². The van der Waals surface area contributed by atoms with Gasteiger partial charge in [0, 0.05) is 11.7 Å². The van der Waals surface area contributed by atoms with Crippen molar-refractivity contribution in [1.29, 1.82) is 0 Å². The average molecular weight is 489 g/mol. The number of hydrogen-bond acceptors (Lipinski definition) is 2. The van der Waals surface area contributed by atoms with E-state index in [1.807, 2.05) is 27.7 Å². The van der Waals surface area contributed by atoms with Crippen LogP contribution in [0.15, 0.2) is 46.7 Å². The van der Waals surface area contributed by atoms with Gasteiger partial charge in [0.1, 0.15) is 0 Å². The van der Waals surface area contributed by atoms with E-state index in [4.69, 9.17) is 0 Å². The van der Waals surface area contributed by atoms with Gasteiger partial charge in [-0.05, 0) is 94.4 Å². The number of hydrogen-bond donors (Lipinski definition) is 2. The topological polar surface area (TPSA) is 24.1 Å². The lowest BCUT2D eigenvalue weighted by Gasteiger charge is -2.38. The van der Waals surface area contributed by atoms with Gasteiger partial charge in [-0.15, -0.1) is 0 Å². The molecule has 0 aliphatic heterocycles. The zero-order valence-electron chi connectivity index (χ0n) is 26.1. The fraction of sp³-hybridized carbons (Fsp3) is 0.758. The monoisotopic (exact) mass is 489 g/mol. The molecule has 35 heavy (non-hydrogen) atoms. The van der Waals surface area contributed by atoms with Gasteiger partial charge in [-0.25, -0.2) is 0 Å². The van der Waals surface area contributed by atoms with Gasteiger partial charge in [0.25, 0.3) is 0 Å². The Morgan fingerprint density at radius 1 is 1.03 bits per heavy atom. The summed E-state index contributed by atoms with van der Waals surface area (Å²) in [6, 6.07) is 0.434. The first-order chi connectivity index (χ1) is 16.7. The molecule has 1 aliphatic carbocycles. The second-order valence-corrected chi connectivity index (χ2v) is 10.4. The molecule has 2 N–H and O–H groups in total. The van der Waals surface area contributed by atoms with Crippen LogP contribution >= 0.6 is 0 Å². The van der Waals surface area contributed by atoms with Crippen LogP contribution in [0.4, 0.5) is 0 Å². The van der Waals surface area contributed by atoms with E-state index in [0.717, 1.165) is 38.0 Å². The van der Waals surface area contributed by atoms with Crippen LogP contribution in [0.25, 0.3) is 0 Å². The third-order valence-corrected chi connectivity index (χ3v) is 6.95. The van der Waals surface area contributed by atoms with E-state index in [9.17, 15) is 0 Å². The Morgan fingerprint density at radius 3 is 2.03 bits per heavy atom. The van der Waals surface area contributed by atoms with Gasteiger partial charge in [0.15, 0.2) is 0 Å². The van der Waals surface area contributed by atoms with E-state index >= 15 is 0 Å². The minimum absolute atomic E-state index is 0.434. The van der Waals surface area contributed by atoms with Gasteiger partial charge < -0.3 is 10.6 Å². The quantitative estimate of drug-likeness (QED) is 0.177. The van der Waals surface area contributed by atoms with Crippen molar-refractivity contribution in [2.24, 2.45) is 11.3 Å². The number of nitrogens with one attached hydrogen (secondary N) is 2. The second kappa shape index (κ2) is 20.9. The first-order valence-corrected chi connectivity index (χ1v) is 14.9. The largest absolute Gasteiger partial charge is 0.382 e. The van der Waals surface area contributed by atoms with Crippen LogP contribution < -0.4 is 10.6 Å². The molecule has 2 heteroatoms. The highest BCUT2D eigenvalue weighted by Crippen LogP contribution is 2.45. The molecule has 0 bridgehead atoms. The van der Waals surface area contributed by atoms with Crippen molar-refractivity contribution in [1.82, 2.24) is 10.6 Å². The molecular weight excluding hydrogens is 424 g/mol. The Balaban J connectivity index is 0. The molecule has 2 nitrogen and oxygen atoms in total. The van der Waals surface area contributed by atoms with E-state index in [2.05, 4.69) is 84.8 Å². The van der Waals surface area contributed by atoms with Gasteiger partial charge in [0.2, 0.25) is 0 Å². The highest BCUT2D eigenvalue weighted by atomic mass is 14.9. The Morgan fingerprint density at radius 2 is 1.63 bits per heavy atom. The van der Waals surface area contributed by atoms with E-state index in [1.54, 1.807) is 0 Å². The van der Waals surface area contributed by atoms with E-state index < -0.39 is 0 Å². The normalized spacial score (nSPS) is 15.7. The van der Waals surface area contributed by atoms with Crippen molar-refractivity contribution in [3.63, 3.8) is 0 Å². The first kappa shape index (κ1) is 35.9. The minimum Gasteiger partial charge on any atom is -0.382 e. The molecule has 1 fully saturated rings. The van der Waals surface area contributed by atoms with Gasteiger partial charge in [0.05, 0.1) is 0 Å². The Hall–Kier alpha value is -1.28. The van der Waals surface area contributed by atoms with Crippen molar-refractivity contribution in [3.05, 3.63) is 46.7 Å². The summed E-state index contributed by atoms with van der Waals surface area (Å²) >= 11 is 0. The van der Waals surface area contributed by atoms with Crippen LogP contribution in [0, 0.1) is 11.3 Å². The molecule has 1 atom stereocenters. The Bertz CT molecular complexity index is 640. The SMILES string of the molecule is C=C(NC(CCNCC)C(C)C)C(=C(C)C)/C(=C/C(=C\CC)CCC1(C)CCC1)CC.CC.CC. The lowest BCUT2D eigenvalue weighted by atomic mass is 9.67. The van der Waals surface area contributed by atoms with Crippen LogP contribution in [-0.2, 0) is 0 Å². The number of rotatable bonds is 15. The number of allylic oxidation sites excluding steroid dienone is 5. The lowest BCUT2D eigenvalue weighted by Crippen LogP contribution is -2.36. The van der Waals surface area contributed by atoms with Gasteiger partial charge >= 0.3 is 0 Å². The molecule has 206 valence electrons. The molecule has 1 rings (SSSR count). The molecule has 1 saturated carbocycles. The van der Waals surface area contributed by atoms with Crippen molar-refractivity contribution in [3.8, 4) is 0 Å². The fourth-order valence-electron chi connectivity index (χ4n) is 4.67. The van der Waals surface area contributed by atoms with Crippen molar-refractivity contribution in [2.45, 2.75) is 140 Å². The minimum atomic E-state index is 0.434. The second-order valence-electron chi connectivity index (χ2n) is 10.4. The molecule has 1 aliphatic rings. The molecule has 0 spiro atoms. The van der Waals surface area contributed by atoms with Gasteiger partial charge in [-0.3, -0.25) is 0 Å². The summed E-state index contributed by atoms with van der Waals surface area (Å²) in [5.74, 6) is 0.571. The maximum atomic E-state index is 4.51. The zero-order valence-corrected chi connectivity index (χ0v) is 26.1. The summed E-state index contributed by atoms with van der Waals surface area (Å²) in [4.78, 5) is 0. The smallest absolute Gasteiger partial charge is 0.0345 e. The van der Waals surface area contributed by atoms with Gasteiger partial charge in [-0.1, -0.05) is 106 Å². The molecule has 0 amide bonds. The fourth-order valence-corrected chi connectivity index (χ4v) is 4.67. The standard InChI is InChI=1S/C29H52N2.2C2H6/c1-10-14-25(15-19-29(9)17-13-18-29)21-26(11-2)28(23(6)7)24(8)31-27(22(4)5)16-20-30-12-3;2*1-2/h14,21-22,27,30-31H,8,10-13,15-20H2,1-7,9H3;2*1-2H3/b25-14-,26-21+;;. The first-order valence-electron chi connectivity index (χ1n) is 14.9. The van der Waals surface area contributed by atoms with Crippen molar-refractivity contribution >= 4 is 0 Å². The van der Waals surface area contributed by atoms with Gasteiger partial charge in [-0.2, -0.15) is 0 Å². The molecule has 0 aromatic heterocycles. The Kier molecular flexibility index (Phi) is 21.4. The molecular formula is C33H64N2. The predicted octanol–water partition coefficient (Wildman–Crippen LogP) is 10.1. The van der Waals surface area contributed by atoms with Crippen LogP contribution in [-0.4, -0.2) is 19.1 Å². The maximum absolute atomic E-state index is 4.51. The summed E-state index contributed by atoms with van der Waals surface area (Å²) in [6.45, 7) is 32.8. The molecule has 1 unspecified atom stereocenters. The summed E-state index contributed by atoms with van der Waals surface area (Å²) in [5, 5.41) is 7.27. The molecule has 0 heterocycles. The third-order valence-electron chi connectivity index (χ3n) is 6.95. The highest BCUT2D eigenvalue weighted by molar-refractivity contribution is 5.49. The summed E-state index contributed by atoms with van der Waals surface area (Å²) in [6.07, 6.45) is 14.9.